The fraction of sp³-hybridized carbons (Fsp3) is 0.333. The number of benzene rings is 2. The van der Waals surface area contributed by atoms with Crippen LogP contribution in [0.1, 0.15) is 11.1 Å². The molecule has 31 heavy (non-hydrogen) atoms. The fourth-order valence-electron chi connectivity index (χ4n) is 3.79. The minimum atomic E-state index is 0.145. The molecule has 7 heteroatoms. The molecule has 0 aliphatic carbocycles. The van der Waals surface area contributed by atoms with Crippen LogP contribution in [0.5, 0.6) is 5.75 Å². The summed E-state index contributed by atoms with van der Waals surface area (Å²) in [5.74, 6) is 1.33. The normalized spacial score (nSPS) is 13.2. The summed E-state index contributed by atoms with van der Waals surface area (Å²) in [5, 5.41) is 0.827. The summed E-state index contributed by atoms with van der Waals surface area (Å²) in [4.78, 5) is 19.4. The van der Waals surface area contributed by atoms with E-state index in [4.69, 9.17) is 9.47 Å². The Labute approximate surface area is 187 Å². The number of hydrogen-bond donors (Lipinski definition) is 0. The van der Waals surface area contributed by atoms with E-state index in [1.54, 1.807) is 14.2 Å². The molecule has 0 spiro atoms. The number of amides is 1. The van der Waals surface area contributed by atoms with Crippen LogP contribution in [0, 0.1) is 0 Å². The molecule has 0 saturated carbocycles. The van der Waals surface area contributed by atoms with Crippen LogP contribution in [0.3, 0.4) is 0 Å². The fourth-order valence-corrected chi connectivity index (χ4v) is 4.70. The van der Waals surface area contributed by atoms with Crippen LogP contribution < -0.4 is 4.74 Å². The first-order valence-corrected chi connectivity index (χ1v) is 11.3. The van der Waals surface area contributed by atoms with Crippen molar-refractivity contribution in [3.05, 3.63) is 65.9 Å². The first kappa shape index (κ1) is 21.5. The zero-order valence-electron chi connectivity index (χ0n) is 17.9. The van der Waals surface area contributed by atoms with Gasteiger partial charge in [-0.25, -0.2) is 4.98 Å². The molecule has 0 N–H and O–H groups in total. The molecule has 1 amide bonds. The van der Waals surface area contributed by atoms with Crippen molar-refractivity contribution in [3.63, 3.8) is 0 Å². The van der Waals surface area contributed by atoms with Crippen molar-refractivity contribution in [2.45, 2.75) is 24.7 Å². The molecule has 0 saturated heterocycles. The Kier molecular flexibility index (Phi) is 6.94. The third-order valence-electron chi connectivity index (χ3n) is 5.53. The van der Waals surface area contributed by atoms with Gasteiger partial charge in [-0.15, -0.1) is 0 Å². The van der Waals surface area contributed by atoms with Gasteiger partial charge >= 0.3 is 0 Å². The zero-order valence-corrected chi connectivity index (χ0v) is 18.7. The molecule has 3 aromatic rings. The Hall–Kier alpha value is -2.77. The van der Waals surface area contributed by atoms with Crippen LogP contribution in [-0.4, -0.2) is 53.5 Å². The Morgan fingerprint density at radius 2 is 1.87 bits per heavy atom. The maximum atomic E-state index is 12.9. The van der Waals surface area contributed by atoms with E-state index in [0.717, 1.165) is 35.1 Å². The topological polar surface area (TPSA) is 56.6 Å². The second-order valence-electron chi connectivity index (χ2n) is 7.42. The quantitative estimate of drug-likeness (QED) is 0.501. The molecule has 1 aliphatic rings. The van der Waals surface area contributed by atoms with Gasteiger partial charge in [0.1, 0.15) is 5.75 Å². The number of methoxy groups -OCH3 is 2. The molecule has 4 rings (SSSR count). The minimum Gasteiger partial charge on any atom is -0.497 e. The lowest BCUT2D eigenvalue weighted by atomic mass is 10.00. The van der Waals surface area contributed by atoms with Gasteiger partial charge in [-0.05, 0) is 41.8 Å². The van der Waals surface area contributed by atoms with Gasteiger partial charge in [0.15, 0.2) is 5.16 Å². The van der Waals surface area contributed by atoms with Crippen LogP contribution in [-0.2, 0) is 29.0 Å². The molecule has 0 bridgehead atoms. The molecule has 0 radical (unpaired) electrons. The summed E-state index contributed by atoms with van der Waals surface area (Å²) in [6.45, 7) is 2.70. The number of rotatable bonds is 8. The lowest BCUT2D eigenvalue weighted by Gasteiger charge is -2.28. The maximum absolute atomic E-state index is 12.9. The number of carbonyl (C=O) groups excluding carboxylic acids is 1. The van der Waals surface area contributed by atoms with E-state index in [-0.39, 0.29) is 5.91 Å². The van der Waals surface area contributed by atoms with E-state index in [1.165, 1.54) is 22.9 Å². The largest absolute Gasteiger partial charge is 0.497 e. The van der Waals surface area contributed by atoms with Gasteiger partial charge in [-0.3, -0.25) is 4.79 Å². The van der Waals surface area contributed by atoms with Gasteiger partial charge in [0.25, 0.3) is 0 Å². The highest BCUT2D eigenvalue weighted by Crippen LogP contribution is 2.28. The summed E-state index contributed by atoms with van der Waals surface area (Å²) >= 11 is 1.48. The maximum Gasteiger partial charge on any atom is 0.233 e. The van der Waals surface area contributed by atoms with Crippen LogP contribution in [0.15, 0.2) is 59.9 Å². The average Bonchev–Trinajstić information content (AvgIpc) is 3.23. The van der Waals surface area contributed by atoms with Crippen LogP contribution in [0.2, 0.25) is 0 Å². The van der Waals surface area contributed by atoms with Crippen molar-refractivity contribution < 1.29 is 14.3 Å². The van der Waals surface area contributed by atoms with Gasteiger partial charge in [0.05, 0.1) is 31.4 Å². The van der Waals surface area contributed by atoms with Crippen LogP contribution in [0.4, 0.5) is 0 Å². The molecule has 2 heterocycles. The lowest BCUT2D eigenvalue weighted by molar-refractivity contribution is -0.129. The van der Waals surface area contributed by atoms with Crippen molar-refractivity contribution in [1.82, 2.24) is 14.5 Å². The SMILES string of the molecule is COCCn1c(-c2ccc(OC)cc2)cnc1SCC(=O)N1CCc2ccccc2C1. The van der Waals surface area contributed by atoms with E-state index in [2.05, 4.69) is 27.8 Å². The first-order valence-electron chi connectivity index (χ1n) is 10.4. The average molecular weight is 438 g/mol. The number of hydrogen-bond acceptors (Lipinski definition) is 5. The van der Waals surface area contributed by atoms with E-state index >= 15 is 0 Å². The van der Waals surface area contributed by atoms with E-state index in [9.17, 15) is 4.79 Å². The monoisotopic (exact) mass is 437 g/mol. The molecule has 2 aromatic carbocycles. The number of imidazole rings is 1. The third-order valence-corrected chi connectivity index (χ3v) is 6.51. The highest BCUT2D eigenvalue weighted by Gasteiger charge is 2.21. The summed E-state index contributed by atoms with van der Waals surface area (Å²) in [6.07, 6.45) is 2.78. The molecular weight excluding hydrogens is 410 g/mol. The Bertz CT molecular complexity index is 1030. The molecule has 162 valence electrons. The Morgan fingerprint density at radius 3 is 2.61 bits per heavy atom. The molecule has 1 aliphatic heterocycles. The summed E-state index contributed by atoms with van der Waals surface area (Å²) in [6, 6.07) is 16.3. The highest BCUT2D eigenvalue weighted by molar-refractivity contribution is 7.99. The van der Waals surface area contributed by atoms with Gasteiger partial charge in [-0.1, -0.05) is 36.0 Å². The Balaban J connectivity index is 1.46. The van der Waals surface area contributed by atoms with E-state index < -0.39 is 0 Å². The molecule has 0 unspecified atom stereocenters. The number of thioether (sulfide) groups is 1. The van der Waals surface area contributed by atoms with Crippen molar-refractivity contribution in [2.24, 2.45) is 0 Å². The summed E-state index contributed by atoms with van der Waals surface area (Å²) < 4.78 is 12.7. The number of nitrogens with zero attached hydrogens (tertiary/aromatic N) is 3. The molecule has 6 nitrogen and oxygen atoms in total. The lowest BCUT2D eigenvalue weighted by Crippen LogP contribution is -2.37. The number of aromatic nitrogens is 2. The van der Waals surface area contributed by atoms with Gasteiger partial charge in [0.2, 0.25) is 5.91 Å². The van der Waals surface area contributed by atoms with E-state index in [1.807, 2.05) is 41.4 Å². The number of carbonyl (C=O) groups is 1. The van der Waals surface area contributed by atoms with Crippen molar-refractivity contribution in [1.29, 1.82) is 0 Å². The Morgan fingerprint density at radius 1 is 1.10 bits per heavy atom. The van der Waals surface area contributed by atoms with Crippen LogP contribution >= 0.6 is 11.8 Å². The predicted octanol–water partition coefficient (Wildman–Crippen LogP) is 3.88. The smallest absolute Gasteiger partial charge is 0.233 e. The summed E-state index contributed by atoms with van der Waals surface area (Å²) in [5.41, 5.74) is 4.64. The highest BCUT2D eigenvalue weighted by atomic mass is 32.2. The molecule has 0 fully saturated rings. The number of fused-ring (bicyclic) bond motifs is 1. The molecular formula is C24H27N3O3S. The standard InChI is InChI=1S/C24H27N3O3S/c1-29-14-13-27-22(19-7-9-21(30-2)10-8-19)15-25-24(27)31-17-23(28)26-12-11-18-5-3-4-6-20(18)16-26/h3-10,15H,11-14,16-17H2,1-2H3. The van der Waals surface area contributed by atoms with E-state index in [0.29, 0.717) is 25.4 Å². The third kappa shape index (κ3) is 4.94. The number of ether oxygens (including phenoxy) is 2. The van der Waals surface area contributed by atoms with Crippen molar-refractivity contribution >= 4 is 17.7 Å². The van der Waals surface area contributed by atoms with Gasteiger partial charge in [0, 0.05) is 32.3 Å². The van der Waals surface area contributed by atoms with Gasteiger partial charge < -0.3 is 18.9 Å². The second kappa shape index (κ2) is 10.0. The first-order chi connectivity index (χ1) is 15.2. The zero-order chi connectivity index (χ0) is 21.6. The molecule has 0 atom stereocenters. The minimum absolute atomic E-state index is 0.145. The summed E-state index contributed by atoms with van der Waals surface area (Å²) in [7, 11) is 3.35. The van der Waals surface area contributed by atoms with Crippen molar-refractivity contribution in [3.8, 4) is 17.0 Å². The predicted molar refractivity (Wildman–Crippen MR) is 122 cm³/mol. The van der Waals surface area contributed by atoms with Gasteiger partial charge in [-0.2, -0.15) is 0 Å². The second-order valence-corrected chi connectivity index (χ2v) is 8.36. The van der Waals surface area contributed by atoms with Crippen LogP contribution in [0.25, 0.3) is 11.3 Å². The molecule has 1 aromatic heterocycles. The van der Waals surface area contributed by atoms with Crippen molar-refractivity contribution in [2.75, 3.05) is 33.1 Å².